The summed E-state index contributed by atoms with van der Waals surface area (Å²) in [5, 5.41) is 4.58. The molecule has 0 radical (unpaired) electrons. The zero-order valence-corrected chi connectivity index (χ0v) is 15.5. The number of fused-ring (bicyclic) bond motifs is 2. The van der Waals surface area contributed by atoms with Gasteiger partial charge in [-0.05, 0) is 49.4 Å². The van der Waals surface area contributed by atoms with Crippen molar-refractivity contribution in [1.82, 2.24) is 24.6 Å². The van der Waals surface area contributed by atoms with Crippen LogP contribution < -0.4 is 5.56 Å². The van der Waals surface area contributed by atoms with Crippen LogP contribution in [0.15, 0.2) is 41.5 Å². The number of aromatic nitrogens is 4. The first-order valence-corrected chi connectivity index (χ1v) is 9.77. The second-order valence-electron chi connectivity index (χ2n) is 7.68. The fourth-order valence-electron chi connectivity index (χ4n) is 4.11. The number of rotatable bonds is 3. The predicted molar refractivity (Wildman–Crippen MR) is 104 cm³/mol. The normalized spacial score (nSPS) is 16.6. The molecule has 142 valence electrons. The van der Waals surface area contributed by atoms with Gasteiger partial charge in [0.2, 0.25) is 0 Å². The van der Waals surface area contributed by atoms with Crippen LogP contribution in [0.4, 0.5) is 0 Å². The summed E-state index contributed by atoms with van der Waals surface area (Å²) in [6.45, 7) is 1.85. The van der Waals surface area contributed by atoms with Gasteiger partial charge in [0.15, 0.2) is 0 Å². The van der Waals surface area contributed by atoms with E-state index in [1.807, 2.05) is 11.0 Å². The quantitative estimate of drug-likeness (QED) is 0.698. The lowest BCUT2D eigenvalue weighted by Gasteiger charge is -2.39. The Bertz CT molecular complexity index is 1120. The molecule has 0 N–H and O–H groups in total. The van der Waals surface area contributed by atoms with Crippen molar-refractivity contribution in [2.24, 2.45) is 5.92 Å². The Morgan fingerprint density at radius 1 is 1.04 bits per heavy atom. The number of hydrogen-bond acceptors (Lipinski definition) is 5. The van der Waals surface area contributed by atoms with Gasteiger partial charge in [-0.2, -0.15) is 5.10 Å². The number of benzene rings is 1. The van der Waals surface area contributed by atoms with Gasteiger partial charge in [-0.3, -0.25) is 19.6 Å². The number of amides is 1. The summed E-state index contributed by atoms with van der Waals surface area (Å²) in [7, 11) is 0. The molecule has 7 heteroatoms. The highest BCUT2D eigenvalue weighted by atomic mass is 16.2. The third-order valence-corrected chi connectivity index (χ3v) is 5.67. The van der Waals surface area contributed by atoms with E-state index in [0.29, 0.717) is 25.2 Å². The SMILES string of the molecule is O=C(c1ccc2nccnc2c1)N1CC(Cn2nc3c(cc2=O)CCCC3)C1. The Kier molecular flexibility index (Phi) is 4.15. The minimum Gasteiger partial charge on any atom is -0.338 e. The number of nitrogens with zero attached hydrogens (tertiary/aromatic N) is 5. The van der Waals surface area contributed by atoms with Crippen molar-refractivity contribution >= 4 is 16.9 Å². The lowest BCUT2D eigenvalue weighted by Crippen LogP contribution is -2.52. The summed E-state index contributed by atoms with van der Waals surface area (Å²) in [6.07, 6.45) is 7.45. The van der Waals surface area contributed by atoms with Crippen LogP contribution in [0.3, 0.4) is 0 Å². The summed E-state index contributed by atoms with van der Waals surface area (Å²) in [6, 6.07) is 7.15. The fourth-order valence-corrected chi connectivity index (χ4v) is 4.11. The summed E-state index contributed by atoms with van der Waals surface area (Å²) in [5.41, 5.74) is 4.26. The highest BCUT2D eigenvalue weighted by molar-refractivity contribution is 5.97. The van der Waals surface area contributed by atoms with E-state index in [1.165, 1.54) is 0 Å². The maximum atomic E-state index is 12.7. The molecule has 0 unspecified atom stereocenters. The summed E-state index contributed by atoms with van der Waals surface area (Å²) < 4.78 is 1.59. The zero-order valence-electron chi connectivity index (χ0n) is 15.5. The van der Waals surface area contributed by atoms with Crippen molar-refractivity contribution in [2.45, 2.75) is 32.2 Å². The minimum atomic E-state index is -0.0291. The van der Waals surface area contributed by atoms with E-state index in [9.17, 15) is 9.59 Å². The molecular formula is C21H21N5O2. The minimum absolute atomic E-state index is 0.00505. The van der Waals surface area contributed by atoms with Gasteiger partial charge in [0.25, 0.3) is 11.5 Å². The topological polar surface area (TPSA) is 81.0 Å². The van der Waals surface area contributed by atoms with Gasteiger partial charge >= 0.3 is 0 Å². The summed E-state index contributed by atoms with van der Waals surface area (Å²) >= 11 is 0. The third-order valence-electron chi connectivity index (χ3n) is 5.67. The fraction of sp³-hybridized carbons (Fsp3) is 0.381. The monoisotopic (exact) mass is 375 g/mol. The molecule has 3 aromatic rings. The van der Waals surface area contributed by atoms with E-state index in [0.717, 1.165) is 48.0 Å². The molecule has 0 bridgehead atoms. The molecule has 0 saturated carbocycles. The molecule has 1 saturated heterocycles. The van der Waals surface area contributed by atoms with Crippen molar-refractivity contribution < 1.29 is 4.79 Å². The van der Waals surface area contributed by atoms with E-state index in [1.54, 1.807) is 35.3 Å². The van der Waals surface area contributed by atoms with Gasteiger partial charge in [-0.1, -0.05) is 0 Å². The molecule has 28 heavy (non-hydrogen) atoms. The number of likely N-dealkylation sites (tertiary alicyclic amines) is 1. The van der Waals surface area contributed by atoms with E-state index >= 15 is 0 Å². The van der Waals surface area contributed by atoms with Crippen LogP contribution in [-0.4, -0.2) is 43.6 Å². The van der Waals surface area contributed by atoms with Crippen LogP contribution in [0.1, 0.15) is 34.5 Å². The van der Waals surface area contributed by atoms with Crippen molar-refractivity contribution in [2.75, 3.05) is 13.1 Å². The largest absolute Gasteiger partial charge is 0.338 e. The molecule has 3 heterocycles. The maximum absolute atomic E-state index is 12.7. The molecule has 0 spiro atoms. The van der Waals surface area contributed by atoms with Crippen molar-refractivity contribution in [3.8, 4) is 0 Å². The average Bonchev–Trinajstić information content (AvgIpc) is 2.69. The lowest BCUT2D eigenvalue weighted by molar-refractivity contribution is 0.0458. The molecule has 1 fully saturated rings. The second kappa shape index (κ2) is 6.82. The molecular weight excluding hydrogens is 354 g/mol. The highest BCUT2D eigenvalue weighted by Crippen LogP contribution is 2.22. The molecule has 2 aliphatic rings. The zero-order chi connectivity index (χ0) is 19.1. The van der Waals surface area contributed by atoms with Crippen molar-refractivity contribution in [1.29, 1.82) is 0 Å². The number of carbonyl (C=O) groups excluding carboxylic acids is 1. The van der Waals surface area contributed by atoms with Gasteiger partial charge < -0.3 is 4.90 Å². The Morgan fingerprint density at radius 2 is 1.82 bits per heavy atom. The molecule has 5 rings (SSSR count). The smallest absolute Gasteiger partial charge is 0.267 e. The van der Waals surface area contributed by atoms with E-state index in [4.69, 9.17) is 0 Å². The van der Waals surface area contributed by atoms with Crippen molar-refractivity contribution in [3.05, 3.63) is 63.8 Å². The maximum Gasteiger partial charge on any atom is 0.267 e. The number of aryl methyl sites for hydroxylation is 2. The van der Waals surface area contributed by atoms with E-state index in [2.05, 4.69) is 15.1 Å². The van der Waals surface area contributed by atoms with Crippen LogP contribution in [0.25, 0.3) is 11.0 Å². The van der Waals surface area contributed by atoms with Crippen LogP contribution in [0, 0.1) is 5.92 Å². The van der Waals surface area contributed by atoms with Crippen LogP contribution in [0.5, 0.6) is 0 Å². The Labute approximate surface area is 162 Å². The molecule has 7 nitrogen and oxygen atoms in total. The Balaban J connectivity index is 1.26. The first kappa shape index (κ1) is 17.0. The van der Waals surface area contributed by atoms with E-state index < -0.39 is 0 Å². The number of carbonyl (C=O) groups is 1. The van der Waals surface area contributed by atoms with Gasteiger partial charge in [0.1, 0.15) is 0 Å². The first-order chi connectivity index (χ1) is 13.7. The van der Waals surface area contributed by atoms with Gasteiger partial charge in [-0.25, -0.2) is 4.68 Å². The Morgan fingerprint density at radius 3 is 2.68 bits per heavy atom. The summed E-state index contributed by atoms with van der Waals surface area (Å²) in [5.74, 6) is 0.255. The molecule has 1 aromatic carbocycles. The highest BCUT2D eigenvalue weighted by Gasteiger charge is 2.32. The van der Waals surface area contributed by atoms with Crippen LogP contribution in [0.2, 0.25) is 0 Å². The predicted octanol–water partition coefficient (Wildman–Crippen LogP) is 1.84. The standard InChI is InChI=1S/C21H21N5O2/c27-20-10-15-3-1-2-4-17(15)24-26(20)13-14-11-25(12-14)21(28)16-5-6-18-19(9-16)23-8-7-22-18/h5-10,14H,1-4,11-13H2. The van der Waals surface area contributed by atoms with Crippen molar-refractivity contribution in [3.63, 3.8) is 0 Å². The first-order valence-electron chi connectivity index (χ1n) is 9.77. The lowest BCUT2D eigenvalue weighted by atomic mass is 9.96. The second-order valence-corrected chi connectivity index (χ2v) is 7.68. The Hall–Kier alpha value is -3.09. The molecule has 0 atom stereocenters. The third kappa shape index (κ3) is 3.06. The van der Waals surface area contributed by atoms with Crippen LogP contribution in [-0.2, 0) is 19.4 Å². The molecule has 1 aliphatic heterocycles. The molecule has 1 amide bonds. The molecule has 1 aliphatic carbocycles. The van der Waals surface area contributed by atoms with Crippen LogP contribution >= 0.6 is 0 Å². The molecule has 2 aromatic heterocycles. The van der Waals surface area contributed by atoms with Gasteiger partial charge in [-0.15, -0.1) is 0 Å². The summed E-state index contributed by atoms with van der Waals surface area (Å²) in [4.78, 5) is 35.4. The van der Waals surface area contributed by atoms with Gasteiger partial charge in [0.05, 0.1) is 23.3 Å². The number of hydrogen-bond donors (Lipinski definition) is 0. The average molecular weight is 375 g/mol. The van der Waals surface area contributed by atoms with Gasteiger partial charge in [0, 0.05) is 43.0 Å². The van der Waals surface area contributed by atoms with E-state index in [-0.39, 0.29) is 17.4 Å².